The zero-order valence-corrected chi connectivity index (χ0v) is 17.5. The second-order valence-corrected chi connectivity index (χ2v) is 8.05. The number of nitrogens with two attached hydrogens (primary N) is 1. The van der Waals surface area contributed by atoms with E-state index in [1.54, 1.807) is 6.92 Å². The molecule has 33 heavy (non-hydrogen) atoms. The van der Waals surface area contributed by atoms with Crippen molar-refractivity contribution in [3.8, 4) is 0 Å². The van der Waals surface area contributed by atoms with Gasteiger partial charge in [0.25, 0.3) is 12.0 Å². The van der Waals surface area contributed by atoms with Crippen molar-refractivity contribution in [3.63, 3.8) is 0 Å². The fourth-order valence-corrected chi connectivity index (χ4v) is 3.82. The van der Waals surface area contributed by atoms with E-state index in [0.717, 1.165) is 22.8 Å². The van der Waals surface area contributed by atoms with Crippen LogP contribution in [0.1, 0.15) is 35.8 Å². The van der Waals surface area contributed by atoms with E-state index in [9.17, 15) is 26.7 Å². The maximum Gasteiger partial charge on any atom is 0.416 e. The Labute approximate surface area is 185 Å². The number of benzene rings is 1. The maximum atomic E-state index is 13.6. The summed E-state index contributed by atoms with van der Waals surface area (Å²) < 4.78 is 68.0. The van der Waals surface area contributed by atoms with Crippen LogP contribution in [0.25, 0.3) is 10.9 Å². The van der Waals surface area contributed by atoms with E-state index < -0.39 is 35.3 Å². The van der Waals surface area contributed by atoms with Crippen molar-refractivity contribution in [2.75, 3.05) is 11.1 Å². The predicted molar refractivity (Wildman–Crippen MR) is 114 cm³/mol. The number of hydrogen-bond donors (Lipinski definition) is 2. The number of halogens is 5. The van der Waals surface area contributed by atoms with Gasteiger partial charge in [-0.2, -0.15) is 13.2 Å². The summed E-state index contributed by atoms with van der Waals surface area (Å²) in [6.45, 7) is 5.25. The number of nitrogens with one attached hydrogen (secondary N) is 1. The second kappa shape index (κ2) is 7.82. The molecular weight excluding hydrogens is 445 g/mol. The highest BCUT2D eigenvalue weighted by Crippen LogP contribution is 2.48. The lowest BCUT2D eigenvalue weighted by molar-refractivity contribution is -0.137. The average Bonchev–Trinajstić information content (AvgIpc) is 3.52. The van der Waals surface area contributed by atoms with E-state index >= 15 is 0 Å². The first-order chi connectivity index (χ1) is 15.4. The van der Waals surface area contributed by atoms with Crippen LogP contribution in [0.15, 0.2) is 47.9 Å². The molecule has 174 valence electrons. The minimum absolute atomic E-state index is 0.0846. The van der Waals surface area contributed by atoms with Crippen LogP contribution in [0.5, 0.6) is 0 Å². The molecule has 3 N–H and O–H groups in total. The zero-order valence-electron chi connectivity index (χ0n) is 17.5. The second-order valence-electron chi connectivity index (χ2n) is 8.05. The molecule has 2 aromatic heterocycles. The van der Waals surface area contributed by atoms with Gasteiger partial charge in [0.1, 0.15) is 17.2 Å². The van der Waals surface area contributed by atoms with Crippen molar-refractivity contribution in [2.24, 2.45) is 0 Å². The maximum absolute atomic E-state index is 13.6. The van der Waals surface area contributed by atoms with Gasteiger partial charge in [-0.05, 0) is 43.5 Å². The minimum atomic E-state index is -4.60. The van der Waals surface area contributed by atoms with Crippen molar-refractivity contribution < 1.29 is 22.0 Å². The third-order valence-electron chi connectivity index (χ3n) is 5.68. The normalized spacial score (nSPS) is 16.1. The Morgan fingerprint density at radius 3 is 2.48 bits per heavy atom. The summed E-state index contributed by atoms with van der Waals surface area (Å²) in [5.74, 6) is 0.445. The van der Waals surface area contributed by atoms with Crippen molar-refractivity contribution in [1.82, 2.24) is 14.5 Å². The molecule has 1 atom stereocenters. The Balaban J connectivity index is 1.82. The fourth-order valence-electron chi connectivity index (χ4n) is 3.82. The molecule has 0 bridgehead atoms. The van der Waals surface area contributed by atoms with Crippen LogP contribution in [-0.2, 0) is 11.7 Å². The molecule has 0 saturated heterocycles. The Bertz CT molecular complexity index is 1300. The summed E-state index contributed by atoms with van der Waals surface area (Å²) in [6, 6.07) is 3.45. The third-order valence-corrected chi connectivity index (χ3v) is 5.68. The summed E-state index contributed by atoms with van der Waals surface area (Å²) in [5.41, 5.74) is 2.90. The average molecular weight is 465 g/mol. The van der Waals surface area contributed by atoms with Gasteiger partial charge in [-0.25, -0.2) is 18.7 Å². The lowest BCUT2D eigenvalue weighted by Crippen LogP contribution is -2.35. The zero-order chi connectivity index (χ0) is 24.1. The highest BCUT2D eigenvalue weighted by molar-refractivity contribution is 5.88. The molecule has 2 heterocycles. The Hall–Kier alpha value is -3.50. The molecule has 0 spiro atoms. The van der Waals surface area contributed by atoms with Crippen LogP contribution >= 0.6 is 0 Å². The number of alkyl halides is 5. The molecule has 0 amide bonds. The van der Waals surface area contributed by atoms with E-state index in [-0.39, 0.29) is 46.6 Å². The van der Waals surface area contributed by atoms with Crippen LogP contribution in [0.4, 0.5) is 33.5 Å². The SMILES string of the molecule is C=C[C@@H](Nc1nc(C)nc2cc(=O)n(C3(C(F)F)CC3)cc12)c1cc(N)cc(C(F)(F)F)c1. The van der Waals surface area contributed by atoms with Crippen LogP contribution in [0.2, 0.25) is 0 Å². The van der Waals surface area contributed by atoms with Crippen molar-refractivity contribution in [1.29, 1.82) is 0 Å². The van der Waals surface area contributed by atoms with E-state index in [2.05, 4.69) is 21.9 Å². The van der Waals surface area contributed by atoms with Crippen molar-refractivity contribution >= 4 is 22.4 Å². The Morgan fingerprint density at radius 1 is 1.21 bits per heavy atom. The molecule has 6 nitrogen and oxygen atoms in total. The number of aromatic nitrogens is 3. The quantitative estimate of drug-likeness (QED) is 0.311. The number of anilines is 2. The predicted octanol–water partition coefficient (Wildman–Crippen LogP) is 4.79. The number of fused-ring (bicyclic) bond motifs is 1. The summed E-state index contributed by atoms with van der Waals surface area (Å²) in [4.78, 5) is 21.0. The summed E-state index contributed by atoms with van der Waals surface area (Å²) in [6.07, 6.45) is -4.37. The number of nitrogens with zero attached hydrogens (tertiary/aromatic N) is 3. The molecule has 4 rings (SSSR count). The summed E-state index contributed by atoms with van der Waals surface area (Å²) >= 11 is 0. The molecule has 0 aliphatic heterocycles. The highest BCUT2D eigenvalue weighted by Gasteiger charge is 2.53. The molecule has 1 saturated carbocycles. The van der Waals surface area contributed by atoms with Gasteiger partial charge >= 0.3 is 6.18 Å². The topological polar surface area (TPSA) is 85.8 Å². The highest BCUT2D eigenvalue weighted by atomic mass is 19.4. The Kier molecular flexibility index (Phi) is 5.38. The third kappa shape index (κ3) is 4.14. The monoisotopic (exact) mass is 465 g/mol. The number of pyridine rings is 1. The Morgan fingerprint density at radius 2 is 1.91 bits per heavy atom. The molecule has 1 aliphatic carbocycles. The molecule has 3 aromatic rings. The first-order valence-corrected chi connectivity index (χ1v) is 10.0. The first-order valence-electron chi connectivity index (χ1n) is 10.0. The molecule has 1 aromatic carbocycles. The van der Waals surface area contributed by atoms with Gasteiger partial charge in [0, 0.05) is 18.0 Å². The number of aryl methyl sites for hydroxylation is 1. The summed E-state index contributed by atoms with van der Waals surface area (Å²) in [7, 11) is 0. The van der Waals surface area contributed by atoms with Crippen LogP contribution in [-0.4, -0.2) is 21.0 Å². The fraction of sp³-hybridized carbons (Fsp3) is 0.318. The molecule has 0 unspecified atom stereocenters. The molecule has 11 heteroatoms. The van der Waals surface area contributed by atoms with E-state index in [0.29, 0.717) is 0 Å². The largest absolute Gasteiger partial charge is 0.416 e. The van der Waals surface area contributed by atoms with Crippen LogP contribution in [0.3, 0.4) is 0 Å². The van der Waals surface area contributed by atoms with Gasteiger partial charge in [-0.1, -0.05) is 6.08 Å². The first kappa shape index (κ1) is 22.7. The molecular formula is C22H20F5N5O. The number of hydrogen-bond acceptors (Lipinski definition) is 5. The number of rotatable bonds is 6. The van der Waals surface area contributed by atoms with Gasteiger partial charge in [-0.15, -0.1) is 6.58 Å². The minimum Gasteiger partial charge on any atom is -0.399 e. The van der Waals surface area contributed by atoms with Crippen LogP contribution < -0.4 is 16.6 Å². The molecule has 0 radical (unpaired) electrons. The summed E-state index contributed by atoms with van der Waals surface area (Å²) in [5, 5.41) is 3.26. The van der Waals surface area contributed by atoms with Gasteiger partial charge in [0.05, 0.1) is 22.5 Å². The number of nitrogen functional groups attached to an aromatic ring is 1. The smallest absolute Gasteiger partial charge is 0.399 e. The van der Waals surface area contributed by atoms with Crippen molar-refractivity contribution in [3.05, 3.63) is 70.4 Å². The lowest BCUT2D eigenvalue weighted by Gasteiger charge is -2.21. The standard InChI is InChI=1S/C22H20F5N5O/c1-3-16(12-6-13(22(25,26)27)8-14(28)7-12)31-19-15-10-32(21(4-5-21)20(23)24)18(33)9-17(15)29-11(2)30-19/h3,6-10,16,20H,1,4-5,28H2,2H3,(H,29,30,31)/t16-/m1/s1. The van der Waals surface area contributed by atoms with Gasteiger partial charge in [0.2, 0.25) is 0 Å². The van der Waals surface area contributed by atoms with Gasteiger partial charge in [0.15, 0.2) is 0 Å². The van der Waals surface area contributed by atoms with E-state index in [1.165, 1.54) is 18.3 Å². The molecule has 1 fully saturated rings. The van der Waals surface area contributed by atoms with Crippen LogP contribution in [0, 0.1) is 6.92 Å². The van der Waals surface area contributed by atoms with E-state index in [1.807, 2.05) is 0 Å². The van der Waals surface area contributed by atoms with Gasteiger partial charge in [-0.3, -0.25) is 4.79 Å². The van der Waals surface area contributed by atoms with Crippen molar-refractivity contribution in [2.45, 2.75) is 43.9 Å². The lowest BCUT2D eigenvalue weighted by atomic mass is 10.0. The molecule has 1 aliphatic rings. The van der Waals surface area contributed by atoms with Gasteiger partial charge < -0.3 is 15.6 Å². The van der Waals surface area contributed by atoms with E-state index in [4.69, 9.17) is 5.73 Å².